The van der Waals surface area contributed by atoms with Gasteiger partial charge >= 0.3 is 5.97 Å². The average Bonchev–Trinajstić information content (AvgIpc) is 2.51. The maximum absolute atomic E-state index is 11.9. The summed E-state index contributed by atoms with van der Waals surface area (Å²) in [6.07, 6.45) is -0.0946. The normalized spacial score (nSPS) is 11.7. The number of carboxylic acids is 1. The van der Waals surface area contributed by atoms with E-state index in [1.807, 2.05) is 0 Å². The van der Waals surface area contributed by atoms with E-state index in [4.69, 9.17) is 5.11 Å². The Morgan fingerprint density at radius 3 is 2.56 bits per heavy atom. The van der Waals surface area contributed by atoms with Crippen molar-refractivity contribution in [1.82, 2.24) is 14.5 Å². The number of carboxylic acid groups (broad SMARTS) is 1. The van der Waals surface area contributed by atoms with Crippen LogP contribution in [-0.2, 0) is 21.4 Å². The third-order valence-electron chi connectivity index (χ3n) is 2.46. The standard InChI is InChI=1S/C10H17N3O4S/c1-4-11-18(16,17)10-7(2)12-13(8(10)3)6-5-9(14)15/h11H,4-6H2,1-3H3,(H,14,15). The van der Waals surface area contributed by atoms with Gasteiger partial charge in [-0.25, -0.2) is 13.1 Å². The summed E-state index contributed by atoms with van der Waals surface area (Å²) in [5, 5.41) is 12.7. The zero-order valence-electron chi connectivity index (χ0n) is 10.6. The lowest BCUT2D eigenvalue weighted by Gasteiger charge is -2.05. The van der Waals surface area contributed by atoms with E-state index in [1.165, 1.54) is 4.68 Å². The molecule has 0 bridgehead atoms. The van der Waals surface area contributed by atoms with Crippen LogP contribution in [0.15, 0.2) is 4.90 Å². The van der Waals surface area contributed by atoms with Crippen molar-refractivity contribution in [3.05, 3.63) is 11.4 Å². The number of rotatable bonds is 6. The second-order valence-corrected chi connectivity index (χ2v) is 5.57. The Morgan fingerprint density at radius 2 is 2.06 bits per heavy atom. The molecule has 18 heavy (non-hydrogen) atoms. The lowest BCUT2D eigenvalue weighted by molar-refractivity contribution is -0.137. The van der Waals surface area contributed by atoms with Gasteiger partial charge in [-0.05, 0) is 13.8 Å². The molecule has 0 aliphatic carbocycles. The van der Waals surface area contributed by atoms with Crippen LogP contribution in [0.2, 0.25) is 0 Å². The van der Waals surface area contributed by atoms with Crippen molar-refractivity contribution in [3.8, 4) is 0 Å². The summed E-state index contributed by atoms with van der Waals surface area (Å²) in [5.41, 5.74) is 0.827. The third kappa shape index (κ3) is 3.08. The van der Waals surface area contributed by atoms with Crippen LogP contribution in [0.5, 0.6) is 0 Å². The van der Waals surface area contributed by atoms with Crippen LogP contribution in [0.4, 0.5) is 0 Å². The van der Waals surface area contributed by atoms with E-state index < -0.39 is 16.0 Å². The lowest BCUT2D eigenvalue weighted by Crippen LogP contribution is -2.24. The first kappa shape index (κ1) is 14.7. The molecule has 0 atom stereocenters. The molecule has 102 valence electrons. The Bertz CT molecular complexity index is 548. The van der Waals surface area contributed by atoms with Crippen molar-refractivity contribution < 1.29 is 18.3 Å². The first-order valence-corrected chi connectivity index (χ1v) is 7.03. The number of sulfonamides is 1. The average molecular weight is 275 g/mol. The molecule has 0 saturated carbocycles. The quantitative estimate of drug-likeness (QED) is 0.776. The highest BCUT2D eigenvalue weighted by atomic mass is 32.2. The second kappa shape index (κ2) is 5.49. The molecular weight excluding hydrogens is 258 g/mol. The molecule has 1 aromatic heterocycles. The molecule has 1 heterocycles. The van der Waals surface area contributed by atoms with Crippen LogP contribution in [0.3, 0.4) is 0 Å². The van der Waals surface area contributed by atoms with Gasteiger partial charge in [-0.2, -0.15) is 5.10 Å². The number of hydrogen-bond acceptors (Lipinski definition) is 4. The molecular formula is C10H17N3O4S. The third-order valence-corrected chi connectivity index (χ3v) is 4.25. The van der Waals surface area contributed by atoms with Crippen molar-refractivity contribution in [1.29, 1.82) is 0 Å². The number of aromatic nitrogens is 2. The summed E-state index contributed by atoms with van der Waals surface area (Å²) in [7, 11) is -3.57. The van der Waals surface area contributed by atoms with Gasteiger partial charge in [-0.3, -0.25) is 9.48 Å². The highest BCUT2D eigenvalue weighted by molar-refractivity contribution is 7.89. The summed E-state index contributed by atoms with van der Waals surface area (Å²) in [6.45, 7) is 5.35. The van der Waals surface area contributed by atoms with Gasteiger partial charge in [-0.1, -0.05) is 6.92 Å². The summed E-state index contributed by atoms with van der Waals surface area (Å²) in [6, 6.07) is 0. The summed E-state index contributed by atoms with van der Waals surface area (Å²) in [5.74, 6) is -0.946. The predicted octanol–water partition coefficient (Wildman–Crippen LogP) is 0.273. The Kier molecular flexibility index (Phi) is 4.47. The predicted molar refractivity (Wildman–Crippen MR) is 64.8 cm³/mol. The molecule has 2 N–H and O–H groups in total. The van der Waals surface area contributed by atoms with Crippen LogP contribution in [0, 0.1) is 13.8 Å². The van der Waals surface area contributed by atoms with E-state index in [1.54, 1.807) is 20.8 Å². The van der Waals surface area contributed by atoms with Crippen molar-refractivity contribution >= 4 is 16.0 Å². The Labute approximate surface area is 106 Å². The van der Waals surface area contributed by atoms with Crippen LogP contribution in [0.1, 0.15) is 24.7 Å². The smallest absolute Gasteiger partial charge is 0.305 e. The minimum Gasteiger partial charge on any atom is -0.481 e. The van der Waals surface area contributed by atoms with E-state index in [2.05, 4.69) is 9.82 Å². The molecule has 0 aromatic carbocycles. The minimum absolute atomic E-state index is 0.0946. The van der Waals surface area contributed by atoms with Crippen LogP contribution in [-0.4, -0.2) is 35.8 Å². The van der Waals surface area contributed by atoms with E-state index in [-0.39, 0.29) is 17.9 Å². The number of aliphatic carboxylic acids is 1. The maximum Gasteiger partial charge on any atom is 0.305 e. The molecule has 0 saturated heterocycles. The van der Waals surface area contributed by atoms with Crippen molar-refractivity contribution in [3.63, 3.8) is 0 Å². The van der Waals surface area contributed by atoms with Gasteiger partial charge in [0.15, 0.2) is 0 Å². The molecule has 0 aliphatic heterocycles. The molecule has 0 radical (unpaired) electrons. The Morgan fingerprint density at radius 1 is 1.44 bits per heavy atom. The monoisotopic (exact) mass is 275 g/mol. The maximum atomic E-state index is 11.9. The zero-order valence-corrected chi connectivity index (χ0v) is 11.4. The first-order chi connectivity index (χ1) is 8.29. The van der Waals surface area contributed by atoms with Gasteiger partial charge in [0, 0.05) is 6.54 Å². The molecule has 0 spiro atoms. The summed E-state index contributed by atoms with van der Waals surface area (Å²) < 4.78 is 27.7. The highest BCUT2D eigenvalue weighted by Crippen LogP contribution is 2.19. The zero-order chi connectivity index (χ0) is 13.9. The molecule has 1 aromatic rings. The fourth-order valence-electron chi connectivity index (χ4n) is 1.75. The van der Waals surface area contributed by atoms with Gasteiger partial charge in [0.25, 0.3) is 0 Å². The lowest BCUT2D eigenvalue weighted by atomic mass is 10.4. The molecule has 0 amide bonds. The largest absolute Gasteiger partial charge is 0.481 e. The van der Waals surface area contributed by atoms with E-state index in [0.29, 0.717) is 17.9 Å². The molecule has 0 unspecified atom stereocenters. The van der Waals surface area contributed by atoms with Gasteiger partial charge < -0.3 is 5.11 Å². The fourth-order valence-corrected chi connectivity index (χ4v) is 3.20. The molecule has 1 rings (SSSR count). The Hall–Kier alpha value is -1.41. The van der Waals surface area contributed by atoms with Gasteiger partial charge in [0.05, 0.1) is 24.4 Å². The Balaban J connectivity index is 3.12. The van der Waals surface area contributed by atoms with Gasteiger partial charge in [0.1, 0.15) is 4.90 Å². The fraction of sp³-hybridized carbons (Fsp3) is 0.600. The number of nitrogens with one attached hydrogen (secondary N) is 1. The summed E-state index contributed by atoms with van der Waals surface area (Å²) in [4.78, 5) is 10.6. The molecule has 0 aliphatic rings. The number of hydrogen-bond donors (Lipinski definition) is 2. The van der Waals surface area contributed by atoms with Crippen LogP contribution >= 0.6 is 0 Å². The number of aryl methyl sites for hydroxylation is 2. The van der Waals surface area contributed by atoms with Crippen molar-refractivity contribution in [2.24, 2.45) is 0 Å². The SMILES string of the molecule is CCNS(=O)(=O)c1c(C)nn(CCC(=O)O)c1C. The molecule has 8 heteroatoms. The van der Waals surface area contributed by atoms with Gasteiger partial charge in [0.2, 0.25) is 10.0 Å². The van der Waals surface area contributed by atoms with E-state index in [0.717, 1.165) is 0 Å². The van der Waals surface area contributed by atoms with E-state index >= 15 is 0 Å². The minimum atomic E-state index is -3.57. The van der Waals surface area contributed by atoms with Crippen LogP contribution in [0.25, 0.3) is 0 Å². The molecule has 7 nitrogen and oxygen atoms in total. The summed E-state index contributed by atoms with van der Waals surface area (Å²) >= 11 is 0. The first-order valence-electron chi connectivity index (χ1n) is 5.55. The van der Waals surface area contributed by atoms with Crippen molar-refractivity contribution in [2.45, 2.75) is 38.6 Å². The van der Waals surface area contributed by atoms with E-state index in [9.17, 15) is 13.2 Å². The number of carbonyl (C=O) groups is 1. The molecule has 0 fully saturated rings. The highest BCUT2D eigenvalue weighted by Gasteiger charge is 2.23. The van der Waals surface area contributed by atoms with Crippen molar-refractivity contribution in [2.75, 3.05) is 6.54 Å². The second-order valence-electron chi connectivity index (χ2n) is 3.87. The number of nitrogens with zero attached hydrogens (tertiary/aromatic N) is 2. The van der Waals surface area contributed by atoms with Gasteiger partial charge in [-0.15, -0.1) is 0 Å². The van der Waals surface area contributed by atoms with Crippen LogP contribution < -0.4 is 4.72 Å². The topological polar surface area (TPSA) is 101 Å².